The van der Waals surface area contributed by atoms with Crippen molar-refractivity contribution in [3.8, 4) is 12.1 Å². The van der Waals surface area contributed by atoms with Gasteiger partial charge in [-0.05, 0) is 42.3 Å². The summed E-state index contributed by atoms with van der Waals surface area (Å²) in [5.41, 5.74) is 1.81. The number of aromatic nitrogens is 4. The van der Waals surface area contributed by atoms with Crippen LogP contribution in [0.15, 0.2) is 48.7 Å². The molecule has 3 heterocycles. The Bertz CT molecular complexity index is 1670. The van der Waals surface area contributed by atoms with Crippen LogP contribution in [-0.2, 0) is 19.7 Å². The van der Waals surface area contributed by atoms with Gasteiger partial charge < -0.3 is 30.3 Å². The number of carbonyl (C=O) groups is 1. The fraction of sp³-hybridized carbons (Fsp3) is 0.345. The first-order valence-electron chi connectivity index (χ1n) is 13.4. The molecule has 11 nitrogen and oxygen atoms in total. The number of aryl methyl sites for hydroxylation is 1. The van der Waals surface area contributed by atoms with Crippen LogP contribution in [0.25, 0.3) is 11.0 Å². The molecule has 15 heteroatoms. The standard InChI is InChI=1S/C29H27F4N7O3.H3N/c1-18-15-39(26-22(30)14-35-28(37-26)43-17-20-4-2-19(13-34)3-5-20)11-10-38(18)16-25-36-23-7-6-21(27(41)42)12-24(23)40(25)9-8-29(31,32)33;/h2-7,12,14,18H,8-11,15-17H2,1H3,(H,41,42);1H3/t18-;/m0./s1. The van der Waals surface area contributed by atoms with Gasteiger partial charge in [-0.1, -0.05) is 18.2 Å². The lowest BCUT2D eigenvalue weighted by Gasteiger charge is -2.40. The highest BCUT2D eigenvalue weighted by Gasteiger charge is 2.30. The van der Waals surface area contributed by atoms with Crippen molar-refractivity contribution in [3.63, 3.8) is 0 Å². The van der Waals surface area contributed by atoms with Crippen molar-refractivity contribution >= 4 is 22.8 Å². The number of rotatable bonds is 9. The van der Waals surface area contributed by atoms with Crippen LogP contribution in [0.4, 0.5) is 23.4 Å². The van der Waals surface area contributed by atoms with Crippen molar-refractivity contribution in [2.75, 3.05) is 24.5 Å². The van der Waals surface area contributed by atoms with Crippen molar-refractivity contribution in [1.29, 1.82) is 5.26 Å². The highest BCUT2D eigenvalue weighted by atomic mass is 19.4. The number of carboxylic acid groups (broad SMARTS) is 1. The van der Waals surface area contributed by atoms with Crippen LogP contribution < -0.4 is 20.9 Å². The number of carboxylic acids is 1. The second-order valence-corrected chi connectivity index (χ2v) is 10.2. The van der Waals surface area contributed by atoms with E-state index in [0.717, 1.165) is 11.8 Å². The van der Waals surface area contributed by atoms with Gasteiger partial charge in [0.25, 0.3) is 0 Å². The average Bonchev–Trinajstić information content (AvgIpc) is 3.32. The Hall–Kier alpha value is -4.81. The Balaban J connectivity index is 0.00000442. The molecule has 0 saturated carbocycles. The number of anilines is 1. The minimum absolute atomic E-state index is 0. The first-order valence-corrected chi connectivity index (χ1v) is 13.4. The van der Waals surface area contributed by atoms with Gasteiger partial charge in [0.05, 0.1) is 47.8 Å². The number of halogens is 4. The van der Waals surface area contributed by atoms with E-state index in [2.05, 4.69) is 15.0 Å². The summed E-state index contributed by atoms with van der Waals surface area (Å²) in [5, 5.41) is 20.3. The maximum atomic E-state index is 14.8. The quantitative estimate of drug-likeness (QED) is 0.277. The van der Waals surface area contributed by atoms with Crippen molar-refractivity contribution in [2.24, 2.45) is 0 Å². The first kappa shape index (κ1) is 32.1. The van der Waals surface area contributed by atoms with E-state index in [1.54, 1.807) is 29.2 Å². The summed E-state index contributed by atoms with van der Waals surface area (Å²) in [5.74, 6) is -1.62. The highest BCUT2D eigenvalue weighted by molar-refractivity contribution is 5.91. The molecule has 0 unspecified atom stereocenters. The number of ether oxygens (including phenoxy) is 1. The number of piperazine rings is 1. The predicted octanol–water partition coefficient (Wildman–Crippen LogP) is 3.82. The van der Waals surface area contributed by atoms with Crippen LogP contribution in [0, 0.1) is 17.1 Å². The molecule has 0 bridgehead atoms. The molecule has 2 aromatic heterocycles. The van der Waals surface area contributed by atoms with Crippen molar-refractivity contribution < 1.29 is 32.2 Å². The molecular weight excluding hydrogens is 584 g/mol. The van der Waals surface area contributed by atoms with Crippen molar-refractivity contribution in [3.05, 3.63) is 77.0 Å². The van der Waals surface area contributed by atoms with E-state index >= 15 is 0 Å². The number of nitriles is 1. The molecule has 5 rings (SSSR count). The monoisotopic (exact) mass is 614 g/mol. The second kappa shape index (κ2) is 13.2. The lowest BCUT2D eigenvalue weighted by molar-refractivity contribution is -0.255. The van der Waals surface area contributed by atoms with Gasteiger partial charge in [-0.3, -0.25) is 4.90 Å². The average molecular weight is 615 g/mol. The molecule has 1 fully saturated rings. The third-order valence-corrected chi connectivity index (χ3v) is 7.25. The summed E-state index contributed by atoms with van der Waals surface area (Å²) in [6.07, 6.45) is -4.48. The van der Waals surface area contributed by atoms with Crippen LogP contribution in [0.1, 0.15) is 40.7 Å². The predicted molar refractivity (Wildman–Crippen MR) is 150 cm³/mol. The largest absolute Gasteiger partial charge is 0.545 e. The summed E-state index contributed by atoms with van der Waals surface area (Å²) >= 11 is 0. The smallest absolute Gasteiger partial charge is 0.390 e. The Kier molecular flexibility index (Phi) is 9.65. The van der Waals surface area contributed by atoms with E-state index in [-0.39, 0.29) is 48.3 Å². The Morgan fingerprint density at radius 2 is 1.91 bits per heavy atom. The topological polar surface area (TPSA) is 160 Å². The number of imidazole rings is 1. The number of hydrogen-bond acceptors (Lipinski definition) is 9. The molecule has 1 aliphatic rings. The first-order chi connectivity index (χ1) is 20.5. The van der Waals surface area contributed by atoms with Crippen molar-refractivity contribution in [2.45, 2.75) is 45.3 Å². The number of nitrogens with zero attached hydrogens (tertiary/aromatic N) is 7. The lowest BCUT2D eigenvalue weighted by Crippen LogP contribution is -2.52. The zero-order valence-electron chi connectivity index (χ0n) is 24.0. The van der Waals surface area contributed by atoms with E-state index in [9.17, 15) is 27.5 Å². The number of quaternary nitrogens is 1. The summed E-state index contributed by atoms with van der Waals surface area (Å²) in [4.78, 5) is 27.9. The fourth-order valence-corrected chi connectivity index (χ4v) is 4.97. The van der Waals surface area contributed by atoms with Gasteiger partial charge in [0.1, 0.15) is 12.4 Å². The lowest BCUT2D eigenvalue weighted by atomic mass is 10.2. The normalized spacial score (nSPS) is 15.5. The van der Waals surface area contributed by atoms with E-state index in [1.165, 1.54) is 22.8 Å². The molecule has 4 aromatic rings. The molecule has 4 N–H and O–H groups in total. The Morgan fingerprint density at radius 1 is 1.16 bits per heavy atom. The summed E-state index contributed by atoms with van der Waals surface area (Å²) in [6.45, 7) is 2.97. The van der Waals surface area contributed by atoms with Crippen molar-refractivity contribution in [1.82, 2.24) is 30.6 Å². The zero-order valence-corrected chi connectivity index (χ0v) is 24.0. The molecule has 1 aliphatic heterocycles. The van der Waals surface area contributed by atoms with E-state index in [0.29, 0.717) is 36.5 Å². The summed E-state index contributed by atoms with van der Waals surface area (Å²) in [6, 6.07) is 12.7. The Labute approximate surface area is 249 Å². The van der Waals surface area contributed by atoms with Gasteiger partial charge in [0.15, 0.2) is 11.6 Å². The molecule has 44 heavy (non-hydrogen) atoms. The van der Waals surface area contributed by atoms with E-state index in [4.69, 9.17) is 10.00 Å². The van der Waals surface area contributed by atoms with Gasteiger partial charge in [-0.25, -0.2) is 14.4 Å². The summed E-state index contributed by atoms with van der Waals surface area (Å²) < 4.78 is 61.2. The number of fused-ring (bicyclic) bond motifs is 1. The third-order valence-electron chi connectivity index (χ3n) is 7.25. The number of benzene rings is 2. The third kappa shape index (κ3) is 7.39. The minimum Gasteiger partial charge on any atom is -0.545 e. The second-order valence-electron chi connectivity index (χ2n) is 10.2. The fourth-order valence-electron chi connectivity index (χ4n) is 4.97. The van der Waals surface area contributed by atoms with Crippen LogP contribution in [0.2, 0.25) is 0 Å². The van der Waals surface area contributed by atoms with E-state index < -0.39 is 30.9 Å². The van der Waals surface area contributed by atoms with E-state index in [1.807, 2.05) is 17.9 Å². The maximum absolute atomic E-state index is 14.8. The van der Waals surface area contributed by atoms with Crippen LogP contribution >= 0.6 is 0 Å². The molecule has 232 valence electrons. The number of carbonyl (C=O) groups excluding carboxylic acids is 1. The summed E-state index contributed by atoms with van der Waals surface area (Å²) in [7, 11) is 0. The number of aromatic carboxylic acids is 1. The zero-order chi connectivity index (χ0) is 30.7. The SMILES string of the molecule is C[C@H]1CN(c2nc(OCc3ccc(C#N)cc3)ncc2F)CCN1Cc1nc2ccc(C(=O)[O-])cc2n1CCC(F)(F)F.[NH4+]. The molecule has 1 atom stereocenters. The van der Waals surface area contributed by atoms with Gasteiger partial charge >= 0.3 is 12.2 Å². The minimum atomic E-state index is -4.41. The maximum Gasteiger partial charge on any atom is 0.390 e. The van der Waals surface area contributed by atoms with Crippen LogP contribution in [0.3, 0.4) is 0 Å². The Morgan fingerprint density at radius 3 is 2.57 bits per heavy atom. The molecule has 0 amide bonds. The molecule has 0 radical (unpaired) electrons. The highest BCUT2D eigenvalue weighted by Crippen LogP contribution is 2.27. The number of alkyl halides is 3. The molecule has 0 aliphatic carbocycles. The number of hydrogen-bond donors (Lipinski definition) is 1. The molecule has 2 aromatic carbocycles. The van der Waals surface area contributed by atoms with Gasteiger partial charge in [0.2, 0.25) is 0 Å². The van der Waals surface area contributed by atoms with Crippen LogP contribution in [-0.4, -0.2) is 62.2 Å². The van der Waals surface area contributed by atoms with Crippen LogP contribution in [0.5, 0.6) is 6.01 Å². The van der Waals surface area contributed by atoms with Gasteiger partial charge in [-0.2, -0.15) is 23.4 Å². The van der Waals surface area contributed by atoms with Gasteiger partial charge in [-0.15, -0.1) is 0 Å². The molecular formula is C29H30F4N8O3. The molecule has 0 spiro atoms. The molecule has 1 saturated heterocycles. The van der Waals surface area contributed by atoms with Gasteiger partial charge in [0, 0.05) is 32.2 Å².